The van der Waals surface area contributed by atoms with Crippen molar-refractivity contribution in [3.8, 4) is 5.75 Å². The van der Waals surface area contributed by atoms with Crippen LogP contribution in [0.15, 0.2) is 42.5 Å². The lowest BCUT2D eigenvalue weighted by Gasteiger charge is -2.25. The Morgan fingerprint density at radius 2 is 2.12 bits per heavy atom. The molecule has 1 aliphatic heterocycles. The number of ether oxygens (including phenoxy) is 1. The summed E-state index contributed by atoms with van der Waals surface area (Å²) in [6.45, 7) is 2.29. The molecule has 0 radical (unpaired) electrons. The Kier molecular flexibility index (Phi) is 4.97. The number of carbonyl (C=O) groups is 2. The zero-order chi connectivity index (χ0) is 17.8. The number of hydrogen-bond acceptors (Lipinski definition) is 3. The Morgan fingerprint density at radius 1 is 1.28 bits per heavy atom. The topological polar surface area (TPSA) is 67.4 Å². The maximum atomic E-state index is 13.1. The summed E-state index contributed by atoms with van der Waals surface area (Å²) in [7, 11) is 0. The van der Waals surface area contributed by atoms with Gasteiger partial charge in [-0.05, 0) is 48.7 Å². The van der Waals surface area contributed by atoms with Crippen LogP contribution in [-0.2, 0) is 16.0 Å². The molecule has 1 heterocycles. The number of fused-ring (bicyclic) bond motifs is 1. The summed E-state index contributed by atoms with van der Waals surface area (Å²) in [5.74, 6) is -0.363. The maximum absolute atomic E-state index is 13.1. The van der Waals surface area contributed by atoms with Crippen LogP contribution in [0.3, 0.4) is 0 Å². The van der Waals surface area contributed by atoms with E-state index in [4.69, 9.17) is 4.74 Å². The maximum Gasteiger partial charge on any atom is 0.266 e. The Hall–Kier alpha value is -2.89. The Labute approximate surface area is 145 Å². The number of nitrogens with one attached hydrogen (secondary N) is 2. The van der Waals surface area contributed by atoms with Gasteiger partial charge in [0.25, 0.3) is 5.91 Å². The molecule has 0 spiro atoms. The van der Waals surface area contributed by atoms with Gasteiger partial charge in [-0.1, -0.05) is 18.2 Å². The number of rotatable bonds is 5. The highest BCUT2D eigenvalue weighted by molar-refractivity contribution is 6.00. The molecule has 3 rings (SSSR count). The van der Waals surface area contributed by atoms with Crippen LogP contribution in [0, 0.1) is 12.7 Å². The highest BCUT2D eigenvalue weighted by Crippen LogP contribution is 2.30. The Morgan fingerprint density at radius 3 is 2.92 bits per heavy atom. The van der Waals surface area contributed by atoms with E-state index in [2.05, 4.69) is 10.6 Å². The third-order valence-electron chi connectivity index (χ3n) is 3.95. The molecule has 0 bridgehead atoms. The first-order valence-electron chi connectivity index (χ1n) is 8.10. The number of benzene rings is 2. The molecule has 25 heavy (non-hydrogen) atoms. The van der Waals surface area contributed by atoms with Crippen molar-refractivity contribution in [1.82, 2.24) is 5.32 Å². The predicted molar refractivity (Wildman–Crippen MR) is 92.0 cm³/mol. The van der Waals surface area contributed by atoms with Gasteiger partial charge in [0, 0.05) is 6.54 Å². The molecule has 2 aromatic carbocycles. The summed E-state index contributed by atoms with van der Waals surface area (Å²) in [4.78, 5) is 24.1. The first-order valence-corrected chi connectivity index (χ1v) is 8.10. The first kappa shape index (κ1) is 17.0. The molecule has 1 atom stereocenters. The largest absolute Gasteiger partial charge is 0.478 e. The van der Waals surface area contributed by atoms with Crippen LogP contribution >= 0.6 is 0 Å². The zero-order valence-corrected chi connectivity index (χ0v) is 13.8. The highest BCUT2D eigenvalue weighted by atomic mass is 19.1. The van der Waals surface area contributed by atoms with Crippen molar-refractivity contribution in [2.45, 2.75) is 25.9 Å². The number of amides is 2. The second kappa shape index (κ2) is 7.34. The summed E-state index contributed by atoms with van der Waals surface area (Å²) in [6, 6.07) is 11.7. The van der Waals surface area contributed by atoms with E-state index in [9.17, 15) is 14.0 Å². The molecule has 1 aliphatic rings. The molecule has 2 N–H and O–H groups in total. The molecule has 1 unspecified atom stereocenters. The molecule has 0 saturated carbocycles. The second-order valence-corrected chi connectivity index (χ2v) is 6.03. The molecule has 6 heteroatoms. The highest BCUT2D eigenvalue weighted by Gasteiger charge is 2.29. The molecule has 2 aromatic rings. The minimum absolute atomic E-state index is 0.0672. The van der Waals surface area contributed by atoms with E-state index < -0.39 is 6.10 Å². The number of hydrogen-bond donors (Lipinski definition) is 2. The molecule has 0 saturated heterocycles. The van der Waals surface area contributed by atoms with Gasteiger partial charge >= 0.3 is 0 Å². The van der Waals surface area contributed by atoms with Gasteiger partial charge in [-0.25, -0.2) is 4.39 Å². The minimum Gasteiger partial charge on any atom is -0.478 e. The van der Waals surface area contributed by atoms with Crippen molar-refractivity contribution >= 4 is 17.5 Å². The third kappa shape index (κ3) is 4.35. The van der Waals surface area contributed by atoms with Crippen LogP contribution in [0.4, 0.5) is 10.1 Å². The molecule has 0 aromatic heterocycles. The fourth-order valence-electron chi connectivity index (χ4n) is 2.68. The van der Waals surface area contributed by atoms with Crippen LogP contribution in [0.25, 0.3) is 0 Å². The van der Waals surface area contributed by atoms with Gasteiger partial charge in [-0.15, -0.1) is 0 Å². The van der Waals surface area contributed by atoms with Crippen LogP contribution in [-0.4, -0.2) is 24.5 Å². The second-order valence-electron chi connectivity index (χ2n) is 6.03. The van der Waals surface area contributed by atoms with E-state index >= 15 is 0 Å². The number of halogens is 1. The third-order valence-corrected chi connectivity index (χ3v) is 3.95. The van der Waals surface area contributed by atoms with Gasteiger partial charge in [-0.3, -0.25) is 9.59 Å². The molecule has 2 amide bonds. The summed E-state index contributed by atoms with van der Waals surface area (Å²) in [5.41, 5.74) is 2.43. The van der Waals surface area contributed by atoms with Gasteiger partial charge in [0.05, 0.1) is 12.1 Å². The number of anilines is 1. The van der Waals surface area contributed by atoms with E-state index in [1.165, 1.54) is 12.1 Å². The van der Waals surface area contributed by atoms with Crippen molar-refractivity contribution in [2.24, 2.45) is 0 Å². The summed E-state index contributed by atoms with van der Waals surface area (Å²) >= 11 is 0. The lowest BCUT2D eigenvalue weighted by molar-refractivity contribution is -0.130. The van der Waals surface area contributed by atoms with E-state index in [1.54, 1.807) is 18.2 Å². The predicted octanol–water partition coefficient (Wildman–Crippen LogP) is 2.58. The van der Waals surface area contributed by atoms with Crippen molar-refractivity contribution in [1.29, 1.82) is 0 Å². The fraction of sp³-hybridized carbons (Fsp3) is 0.263. The Bertz CT molecular complexity index is 807. The summed E-state index contributed by atoms with van der Waals surface area (Å²) in [5, 5.41) is 5.49. The van der Waals surface area contributed by atoms with Gasteiger partial charge in [0.2, 0.25) is 5.91 Å². The average molecular weight is 342 g/mol. The van der Waals surface area contributed by atoms with Crippen molar-refractivity contribution in [3.63, 3.8) is 0 Å². The standard InChI is InChI=1S/C19H19FN2O3/c1-12-5-6-16-15(9-12)22-19(24)17(25-16)11-18(23)21-8-7-13-3-2-4-14(20)10-13/h2-6,9-10,17H,7-8,11H2,1H3,(H,21,23)(H,22,24). The number of carbonyl (C=O) groups excluding carboxylic acids is 2. The summed E-state index contributed by atoms with van der Waals surface area (Å²) in [6.07, 6.45) is -0.407. The quantitative estimate of drug-likeness (QED) is 0.878. The average Bonchev–Trinajstić information content (AvgIpc) is 2.56. The molecule has 5 nitrogen and oxygen atoms in total. The van der Waals surface area contributed by atoms with E-state index in [0.29, 0.717) is 24.4 Å². The van der Waals surface area contributed by atoms with Gasteiger partial charge < -0.3 is 15.4 Å². The zero-order valence-electron chi connectivity index (χ0n) is 13.8. The van der Waals surface area contributed by atoms with E-state index in [0.717, 1.165) is 11.1 Å². The molecule has 0 fully saturated rings. The molecular formula is C19H19FN2O3. The van der Waals surface area contributed by atoms with Gasteiger partial charge in [-0.2, -0.15) is 0 Å². The minimum atomic E-state index is -0.857. The fourth-order valence-corrected chi connectivity index (χ4v) is 2.68. The monoisotopic (exact) mass is 342 g/mol. The molecule has 0 aliphatic carbocycles. The molecular weight excluding hydrogens is 323 g/mol. The smallest absolute Gasteiger partial charge is 0.266 e. The van der Waals surface area contributed by atoms with Crippen molar-refractivity contribution in [2.75, 3.05) is 11.9 Å². The van der Waals surface area contributed by atoms with Crippen LogP contribution in [0.2, 0.25) is 0 Å². The SMILES string of the molecule is Cc1ccc2c(c1)NC(=O)C(CC(=O)NCCc1cccc(F)c1)O2. The lowest BCUT2D eigenvalue weighted by atomic mass is 10.1. The van der Waals surface area contributed by atoms with Gasteiger partial charge in [0.15, 0.2) is 6.10 Å². The molecule has 130 valence electrons. The lowest BCUT2D eigenvalue weighted by Crippen LogP contribution is -2.41. The van der Waals surface area contributed by atoms with Crippen LogP contribution < -0.4 is 15.4 Å². The van der Waals surface area contributed by atoms with E-state index in [-0.39, 0.29) is 24.1 Å². The van der Waals surface area contributed by atoms with Crippen molar-refractivity contribution < 1.29 is 18.7 Å². The van der Waals surface area contributed by atoms with Crippen LogP contribution in [0.1, 0.15) is 17.5 Å². The Balaban J connectivity index is 1.51. The van der Waals surface area contributed by atoms with Crippen LogP contribution in [0.5, 0.6) is 5.75 Å². The number of aryl methyl sites for hydroxylation is 1. The first-order chi connectivity index (χ1) is 12.0. The van der Waals surface area contributed by atoms with E-state index in [1.807, 2.05) is 19.1 Å². The summed E-state index contributed by atoms with van der Waals surface area (Å²) < 4.78 is 18.7. The normalized spacial score (nSPS) is 15.8. The van der Waals surface area contributed by atoms with Crippen molar-refractivity contribution in [3.05, 3.63) is 59.4 Å². The van der Waals surface area contributed by atoms with Gasteiger partial charge in [0.1, 0.15) is 11.6 Å².